The molecule has 1 aromatic rings. The van der Waals surface area contributed by atoms with Crippen LogP contribution in [0.4, 0.5) is 0 Å². The minimum atomic E-state index is 0.515. The second kappa shape index (κ2) is 7.28. The highest BCUT2D eigenvalue weighted by atomic mass is 35.5. The number of likely N-dealkylation sites (N-methyl/N-ethyl adjacent to an activating group) is 1. The molecule has 0 bridgehead atoms. The summed E-state index contributed by atoms with van der Waals surface area (Å²) < 4.78 is 0. The Morgan fingerprint density at radius 1 is 1.44 bits per heavy atom. The van der Waals surface area contributed by atoms with E-state index in [1.807, 2.05) is 11.4 Å². The maximum Gasteiger partial charge on any atom is 0.0516 e. The van der Waals surface area contributed by atoms with Crippen molar-refractivity contribution in [2.24, 2.45) is 0 Å². The van der Waals surface area contributed by atoms with Crippen LogP contribution < -0.4 is 5.32 Å². The first kappa shape index (κ1) is 14.0. The Morgan fingerprint density at radius 3 is 2.62 bits per heavy atom. The largest absolute Gasteiger partial charge is 0.308 e. The van der Waals surface area contributed by atoms with Crippen LogP contribution in [-0.4, -0.2) is 30.6 Å². The van der Waals surface area contributed by atoms with Crippen LogP contribution in [0.2, 0.25) is 5.02 Å². The summed E-state index contributed by atoms with van der Waals surface area (Å²) in [7, 11) is 0. The topological polar surface area (TPSA) is 15.3 Å². The number of hydrogen-bond acceptors (Lipinski definition) is 3. The van der Waals surface area contributed by atoms with E-state index in [1.54, 1.807) is 11.3 Å². The van der Waals surface area contributed by atoms with Gasteiger partial charge in [-0.05, 0) is 26.1 Å². The Hall–Kier alpha value is -0.0900. The van der Waals surface area contributed by atoms with Gasteiger partial charge in [0.2, 0.25) is 0 Å². The zero-order valence-corrected chi connectivity index (χ0v) is 11.9. The summed E-state index contributed by atoms with van der Waals surface area (Å²) in [5, 5.41) is 6.35. The summed E-state index contributed by atoms with van der Waals surface area (Å²) in [5.74, 6) is 0. The van der Waals surface area contributed by atoms with Crippen LogP contribution in [0.25, 0.3) is 0 Å². The van der Waals surface area contributed by atoms with Gasteiger partial charge in [0.25, 0.3) is 0 Å². The molecule has 0 radical (unpaired) electrons. The highest BCUT2D eigenvalue weighted by Gasteiger charge is 2.07. The highest BCUT2D eigenvalue weighted by Crippen LogP contribution is 2.18. The predicted molar refractivity (Wildman–Crippen MR) is 73.4 cm³/mol. The molecule has 0 aliphatic carbocycles. The molecule has 0 spiro atoms. The molecule has 0 aromatic carbocycles. The fraction of sp³-hybridized carbons (Fsp3) is 0.667. The van der Waals surface area contributed by atoms with Gasteiger partial charge in [-0.1, -0.05) is 25.4 Å². The molecule has 0 saturated carbocycles. The molecular formula is C12H21ClN2S. The van der Waals surface area contributed by atoms with Crippen molar-refractivity contribution < 1.29 is 0 Å². The van der Waals surface area contributed by atoms with E-state index in [0.717, 1.165) is 31.2 Å². The summed E-state index contributed by atoms with van der Waals surface area (Å²) in [6.07, 6.45) is 0. The first-order valence-electron chi connectivity index (χ1n) is 5.84. The molecule has 1 N–H and O–H groups in total. The summed E-state index contributed by atoms with van der Waals surface area (Å²) in [4.78, 5) is 3.73. The molecule has 16 heavy (non-hydrogen) atoms. The maximum atomic E-state index is 5.88. The first-order valence-corrected chi connectivity index (χ1v) is 7.10. The zero-order valence-electron chi connectivity index (χ0n) is 10.3. The second-order valence-electron chi connectivity index (χ2n) is 4.00. The van der Waals surface area contributed by atoms with Gasteiger partial charge >= 0.3 is 0 Å². The molecule has 1 rings (SSSR count). The summed E-state index contributed by atoms with van der Waals surface area (Å²) in [6, 6.07) is 2.55. The Labute approximate surface area is 108 Å². The molecule has 92 valence electrons. The van der Waals surface area contributed by atoms with Gasteiger partial charge in [-0.25, -0.2) is 0 Å². The molecule has 1 heterocycles. The van der Waals surface area contributed by atoms with Crippen molar-refractivity contribution in [3.05, 3.63) is 21.3 Å². The van der Waals surface area contributed by atoms with E-state index < -0.39 is 0 Å². The van der Waals surface area contributed by atoms with Crippen molar-refractivity contribution in [2.45, 2.75) is 33.4 Å². The van der Waals surface area contributed by atoms with Gasteiger partial charge in [-0.2, -0.15) is 0 Å². The molecule has 1 aromatic heterocycles. The quantitative estimate of drug-likeness (QED) is 0.810. The Morgan fingerprint density at radius 2 is 2.12 bits per heavy atom. The second-order valence-corrected chi connectivity index (χ2v) is 5.43. The normalized spacial score (nSPS) is 13.3. The van der Waals surface area contributed by atoms with Gasteiger partial charge in [0.15, 0.2) is 0 Å². The number of nitrogens with one attached hydrogen (secondary N) is 1. The van der Waals surface area contributed by atoms with Crippen LogP contribution in [0.5, 0.6) is 0 Å². The fourth-order valence-electron chi connectivity index (χ4n) is 1.65. The highest BCUT2D eigenvalue weighted by molar-refractivity contribution is 7.10. The van der Waals surface area contributed by atoms with E-state index in [4.69, 9.17) is 11.6 Å². The van der Waals surface area contributed by atoms with Crippen molar-refractivity contribution in [3.63, 3.8) is 0 Å². The number of hydrogen-bond donors (Lipinski definition) is 1. The average molecular weight is 261 g/mol. The SMILES string of the molecule is CCN(CC)CC(C)NCc1cc(Cl)cs1. The van der Waals surface area contributed by atoms with Gasteiger partial charge in [-0.3, -0.25) is 0 Å². The van der Waals surface area contributed by atoms with E-state index in [0.29, 0.717) is 6.04 Å². The van der Waals surface area contributed by atoms with Crippen molar-refractivity contribution >= 4 is 22.9 Å². The van der Waals surface area contributed by atoms with Crippen molar-refractivity contribution in [3.8, 4) is 0 Å². The number of thiophene rings is 1. The zero-order chi connectivity index (χ0) is 12.0. The summed E-state index contributed by atoms with van der Waals surface area (Å²) in [6.45, 7) is 10.9. The third-order valence-corrected chi connectivity index (χ3v) is 3.96. The molecular weight excluding hydrogens is 240 g/mol. The maximum absolute atomic E-state index is 5.88. The first-order chi connectivity index (χ1) is 7.65. The molecule has 4 heteroatoms. The average Bonchev–Trinajstić information content (AvgIpc) is 2.69. The lowest BCUT2D eigenvalue weighted by Crippen LogP contribution is -2.38. The van der Waals surface area contributed by atoms with Gasteiger partial charge < -0.3 is 10.2 Å². The Kier molecular flexibility index (Phi) is 6.36. The van der Waals surface area contributed by atoms with Gasteiger partial charge in [0, 0.05) is 29.4 Å². The van der Waals surface area contributed by atoms with E-state index >= 15 is 0 Å². The number of halogens is 1. The van der Waals surface area contributed by atoms with Gasteiger partial charge in [-0.15, -0.1) is 11.3 Å². The van der Waals surface area contributed by atoms with Crippen LogP contribution in [0.1, 0.15) is 25.6 Å². The van der Waals surface area contributed by atoms with Crippen LogP contribution >= 0.6 is 22.9 Å². The fourth-order valence-corrected chi connectivity index (χ4v) is 2.68. The number of rotatable bonds is 7. The minimum Gasteiger partial charge on any atom is -0.308 e. The number of nitrogens with zero attached hydrogens (tertiary/aromatic N) is 1. The van der Waals surface area contributed by atoms with E-state index in [1.165, 1.54) is 4.88 Å². The molecule has 0 aliphatic heterocycles. The molecule has 1 unspecified atom stereocenters. The van der Waals surface area contributed by atoms with E-state index in [9.17, 15) is 0 Å². The summed E-state index contributed by atoms with van der Waals surface area (Å²) in [5.41, 5.74) is 0. The standard InChI is InChI=1S/C12H21ClN2S/c1-4-15(5-2)8-10(3)14-7-12-6-11(13)9-16-12/h6,9-10,14H,4-5,7-8H2,1-3H3. The summed E-state index contributed by atoms with van der Waals surface area (Å²) >= 11 is 7.59. The van der Waals surface area contributed by atoms with Crippen LogP contribution in [0, 0.1) is 0 Å². The van der Waals surface area contributed by atoms with Crippen LogP contribution in [0.15, 0.2) is 11.4 Å². The monoisotopic (exact) mass is 260 g/mol. The molecule has 2 nitrogen and oxygen atoms in total. The Bertz CT molecular complexity index is 297. The van der Waals surface area contributed by atoms with E-state index in [-0.39, 0.29) is 0 Å². The van der Waals surface area contributed by atoms with Crippen molar-refractivity contribution in [2.75, 3.05) is 19.6 Å². The lowest BCUT2D eigenvalue weighted by atomic mass is 10.3. The van der Waals surface area contributed by atoms with Crippen molar-refractivity contribution in [1.82, 2.24) is 10.2 Å². The van der Waals surface area contributed by atoms with Gasteiger partial charge in [0.05, 0.1) is 5.02 Å². The van der Waals surface area contributed by atoms with Crippen LogP contribution in [0.3, 0.4) is 0 Å². The lowest BCUT2D eigenvalue weighted by Gasteiger charge is -2.23. The molecule has 0 fully saturated rings. The van der Waals surface area contributed by atoms with Crippen molar-refractivity contribution in [1.29, 1.82) is 0 Å². The van der Waals surface area contributed by atoms with E-state index in [2.05, 4.69) is 31.0 Å². The molecule has 1 atom stereocenters. The molecule has 0 aliphatic rings. The predicted octanol–water partition coefficient (Wildman–Crippen LogP) is 3.22. The third-order valence-electron chi connectivity index (χ3n) is 2.67. The Balaban J connectivity index is 2.26. The lowest BCUT2D eigenvalue weighted by molar-refractivity contribution is 0.271. The molecule has 0 saturated heterocycles. The minimum absolute atomic E-state index is 0.515. The van der Waals surface area contributed by atoms with Gasteiger partial charge in [0.1, 0.15) is 0 Å². The van der Waals surface area contributed by atoms with Crippen LogP contribution in [-0.2, 0) is 6.54 Å². The third kappa shape index (κ3) is 4.83. The molecule has 0 amide bonds. The smallest absolute Gasteiger partial charge is 0.0516 e.